The number of anilines is 1. The summed E-state index contributed by atoms with van der Waals surface area (Å²) in [6.45, 7) is 2.54. The first-order chi connectivity index (χ1) is 15.4. The largest absolute Gasteiger partial charge is 0.494 e. The van der Waals surface area contributed by atoms with E-state index in [4.69, 9.17) is 40.2 Å². The van der Waals surface area contributed by atoms with Crippen molar-refractivity contribution in [3.05, 3.63) is 76.3 Å². The van der Waals surface area contributed by atoms with Gasteiger partial charge in [-0.25, -0.2) is 0 Å². The Morgan fingerprint density at radius 1 is 1.03 bits per heavy atom. The summed E-state index contributed by atoms with van der Waals surface area (Å²) in [5.74, 6) is 0.349. The minimum atomic E-state index is -0.438. The summed E-state index contributed by atoms with van der Waals surface area (Å²) in [6.07, 6.45) is 0. The van der Waals surface area contributed by atoms with E-state index in [2.05, 4.69) is 20.8 Å². The van der Waals surface area contributed by atoms with E-state index in [0.29, 0.717) is 28.4 Å². The van der Waals surface area contributed by atoms with Crippen LogP contribution in [-0.4, -0.2) is 32.6 Å². The first kappa shape index (κ1) is 22.0. The van der Waals surface area contributed by atoms with Crippen molar-refractivity contribution in [1.29, 1.82) is 0 Å². The Bertz CT molecular complexity index is 1310. The van der Waals surface area contributed by atoms with Gasteiger partial charge in [-0.15, -0.1) is 10.2 Å². The summed E-state index contributed by atoms with van der Waals surface area (Å²) >= 11 is 17.2. The third-order valence-corrected chi connectivity index (χ3v) is 5.17. The predicted molar refractivity (Wildman–Crippen MR) is 130 cm³/mol. The number of nitrogens with zero attached hydrogens (tertiary/aromatic N) is 3. The van der Waals surface area contributed by atoms with Crippen LogP contribution in [0.15, 0.2) is 60.7 Å². The molecule has 1 aromatic heterocycles. The summed E-state index contributed by atoms with van der Waals surface area (Å²) in [7, 11) is 0. The van der Waals surface area contributed by atoms with Crippen molar-refractivity contribution in [2.45, 2.75) is 6.92 Å². The van der Waals surface area contributed by atoms with Gasteiger partial charge in [0, 0.05) is 10.7 Å². The van der Waals surface area contributed by atoms with E-state index in [0.717, 1.165) is 11.4 Å². The van der Waals surface area contributed by atoms with Crippen molar-refractivity contribution in [3.8, 4) is 11.4 Å². The minimum Gasteiger partial charge on any atom is -0.494 e. The molecular formula is C22H17Cl2N5O2S. The van der Waals surface area contributed by atoms with Crippen LogP contribution in [0.1, 0.15) is 17.3 Å². The molecule has 0 unspecified atom stereocenters. The Kier molecular flexibility index (Phi) is 6.55. The fraction of sp³-hybridized carbons (Fsp3) is 0.0909. The molecule has 0 aliphatic rings. The van der Waals surface area contributed by atoms with Gasteiger partial charge in [-0.2, -0.15) is 4.80 Å². The number of aromatic nitrogens is 3. The fourth-order valence-electron chi connectivity index (χ4n) is 2.96. The van der Waals surface area contributed by atoms with Gasteiger partial charge in [0.15, 0.2) is 5.11 Å². The van der Waals surface area contributed by atoms with Crippen LogP contribution in [0.3, 0.4) is 0 Å². The maximum Gasteiger partial charge on any atom is 0.258 e. The zero-order valence-corrected chi connectivity index (χ0v) is 19.1. The van der Waals surface area contributed by atoms with Crippen molar-refractivity contribution >= 4 is 63.2 Å². The number of carbonyl (C=O) groups excluding carboxylic acids is 1. The van der Waals surface area contributed by atoms with Crippen molar-refractivity contribution in [1.82, 2.24) is 20.3 Å². The van der Waals surface area contributed by atoms with Crippen LogP contribution in [0.4, 0.5) is 5.69 Å². The molecule has 3 aromatic carbocycles. The average Bonchev–Trinajstić information content (AvgIpc) is 3.17. The second-order valence-electron chi connectivity index (χ2n) is 6.65. The smallest absolute Gasteiger partial charge is 0.258 e. The Hall–Kier alpha value is -3.20. The average molecular weight is 486 g/mol. The SMILES string of the molecule is CCOc1ccc(-n2nc3ccc(NC(=S)NC(=O)c4ccc(Cl)cc4Cl)cc3n2)cc1. The molecule has 32 heavy (non-hydrogen) atoms. The van der Waals surface area contributed by atoms with Crippen LogP contribution < -0.4 is 15.4 Å². The maximum absolute atomic E-state index is 12.4. The maximum atomic E-state index is 12.4. The standard InChI is InChI=1S/C22H17Cl2N5O2S/c1-2-31-16-7-5-15(6-8-16)29-27-19-10-4-14(12-20(19)28-29)25-22(32)26-21(30)17-9-3-13(23)11-18(17)24/h3-12H,2H2,1H3,(H2,25,26,30,32). The molecule has 0 bridgehead atoms. The molecule has 0 saturated carbocycles. The fourth-order valence-corrected chi connectivity index (χ4v) is 3.66. The number of fused-ring (bicyclic) bond motifs is 1. The first-order valence-corrected chi connectivity index (χ1v) is 10.8. The van der Waals surface area contributed by atoms with Crippen molar-refractivity contribution in [3.63, 3.8) is 0 Å². The Balaban J connectivity index is 1.46. The highest BCUT2D eigenvalue weighted by Crippen LogP contribution is 2.22. The lowest BCUT2D eigenvalue weighted by Gasteiger charge is -2.10. The van der Waals surface area contributed by atoms with Gasteiger partial charge in [0.05, 0.1) is 22.9 Å². The monoisotopic (exact) mass is 485 g/mol. The van der Waals surface area contributed by atoms with Crippen LogP contribution in [-0.2, 0) is 0 Å². The molecule has 0 spiro atoms. The van der Waals surface area contributed by atoms with Gasteiger partial charge in [-0.05, 0) is 79.8 Å². The lowest BCUT2D eigenvalue weighted by molar-refractivity contribution is 0.0978. The Morgan fingerprint density at radius 3 is 2.50 bits per heavy atom. The number of thiocarbonyl (C=S) groups is 1. The number of benzene rings is 3. The number of hydrogen-bond acceptors (Lipinski definition) is 5. The van der Waals surface area contributed by atoms with E-state index < -0.39 is 5.91 Å². The van der Waals surface area contributed by atoms with Gasteiger partial charge >= 0.3 is 0 Å². The molecule has 4 aromatic rings. The highest BCUT2D eigenvalue weighted by Gasteiger charge is 2.13. The van der Waals surface area contributed by atoms with E-state index in [9.17, 15) is 4.79 Å². The van der Waals surface area contributed by atoms with E-state index in [1.807, 2.05) is 37.3 Å². The first-order valence-electron chi connectivity index (χ1n) is 9.60. The van der Waals surface area contributed by atoms with E-state index >= 15 is 0 Å². The highest BCUT2D eigenvalue weighted by atomic mass is 35.5. The molecule has 1 heterocycles. The van der Waals surface area contributed by atoms with E-state index in [-0.39, 0.29) is 15.7 Å². The molecule has 0 aliphatic carbocycles. The lowest BCUT2D eigenvalue weighted by atomic mass is 10.2. The summed E-state index contributed by atoms with van der Waals surface area (Å²) in [5.41, 5.74) is 3.12. The second kappa shape index (κ2) is 9.52. The number of amides is 1. The van der Waals surface area contributed by atoms with Crippen LogP contribution in [0.5, 0.6) is 5.75 Å². The van der Waals surface area contributed by atoms with Crippen LogP contribution in [0.25, 0.3) is 16.7 Å². The summed E-state index contributed by atoms with van der Waals surface area (Å²) in [4.78, 5) is 14.0. The van der Waals surface area contributed by atoms with Crippen molar-refractivity contribution < 1.29 is 9.53 Å². The van der Waals surface area contributed by atoms with Gasteiger partial charge in [-0.3, -0.25) is 10.1 Å². The number of hydrogen-bond donors (Lipinski definition) is 2. The van der Waals surface area contributed by atoms with E-state index in [1.54, 1.807) is 23.0 Å². The minimum absolute atomic E-state index is 0.124. The molecule has 4 rings (SSSR count). The molecule has 1 amide bonds. The second-order valence-corrected chi connectivity index (χ2v) is 7.90. The number of rotatable bonds is 5. The van der Waals surface area contributed by atoms with E-state index in [1.165, 1.54) is 12.1 Å². The molecular weight excluding hydrogens is 469 g/mol. The zero-order valence-electron chi connectivity index (χ0n) is 16.8. The predicted octanol–water partition coefficient (Wildman–Crippen LogP) is 5.25. The van der Waals surface area contributed by atoms with Crippen LogP contribution >= 0.6 is 35.4 Å². The molecule has 0 fully saturated rings. The Labute approximate surface area is 199 Å². The molecule has 2 N–H and O–H groups in total. The summed E-state index contributed by atoms with van der Waals surface area (Å²) in [6, 6.07) is 17.5. The number of nitrogens with one attached hydrogen (secondary N) is 2. The normalized spacial score (nSPS) is 10.7. The third-order valence-electron chi connectivity index (χ3n) is 4.42. The van der Waals surface area contributed by atoms with Crippen molar-refractivity contribution in [2.24, 2.45) is 0 Å². The topological polar surface area (TPSA) is 81.1 Å². The molecule has 0 aliphatic heterocycles. The quantitative estimate of drug-likeness (QED) is 0.375. The lowest BCUT2D eigenvalue weighted by Crippen LogP contribution is -2.34. The van der Waals surface area contributed by atoms with Gasteiger partial charge in [0.25, 0.3) is 5.91 Å². The summed E-state index contributed by atoms with van der Waals surface area (Å²) in [5, 5.41) is 15.4. The highest BCUT2D eigenvalue weighted by molar-refractivity contribution is 7.80. The number of halogens is 2. The molecule has 7 nitrogen and oxygen atoms in total. The van der Waals surface area contributed by atoms with Gasteiger partial charge < -0.3 is 10.1 Å². The molecule has 162 valence electrons. The third kappa shape index (κ3) is 4.99. The van der Waals surface area contributed by atoms with Gasteiger partial charge in [0.1, 0.15) is 16.8 Å². The summed E-state index contributed by atoms with van der Waals surface area (Å²) < 4.78 is 5.46. The molecule has 0 saturated heterocycles. The van der Waals surface area contributed by atoms with Crippen LogP contribution in [0.2, 0.25) is 10.0 Å². The molecule has 10 heteroatoms. The Morgan fingerprint density at radius 2 is 1.78 bits per heavy atom. The van der Waals surface area contributed by atoms with Gasteiger partial charge in [0.2, 0.25) is 0 Å². The zero-order chi connectivity index (χ0) is 22.7. The van der Waals surface area contributed by atoms with Crippen molar-refractivity contribution in [2.75, 3.05) is 11.9 Å². The molecule has 0 radical (unpaired) electrons. The van der Waals surface area contributed by atoms with Gasteiger partial charge in [-0.1, -0.05) is 23.2 Å². The number of carbonyl (C=O) groups is 1. The molecule has 0 atom stereocenters. The van der Waals surface area contributed by atoms with Crippen LogP contribution in [0, 0.1) is 0 Å². The number of ether oxygens (including phenoxy) is 1.